The van der Waals surface area contributed by atoms with Crippen LogP contribution in [0.15, 0.2) is 23.1 Å². The summed E-state index contributed by atoms with van der Waals surface area (Å²) in [5.41, 5.74) is 0. The molecule has 0 aliphatic rings. The van der Waals surface area contributed by atoms with Crippen molar-refractivity contribution < 1.29 is 17.2 Å². The Labute approximate surface area is 125 Å². The summed E-state index contributed by atoms with van der Waals surface area (Å²) in [5.74, 6) is -1.81. The zero-order valence-electron chi connectivity index (χ0n) is 12.5. The third-order valence-corrected chi connectivity index (χ3v) is 5.18. The normalized spacial score (nSPS) is 13.3. The molecule has 6 heteroatoms. The van der Waals surface area contributed by atoms with Crippen LogP contribution in [0, 0.1) is 11.6 Å². The average Bonchev–Trinajstić information content (AvgIpc) is 2.45. The summed E-state index contributed by atoms with van der Waals surface area (Å²) < 4.78 is 50.7. The van der Waals surface area contributed by atoms with Crippen LogP contribution in [0.5, 0.6) is 0 Å². The van der Waals surface area contributed by atoms with Gasteiger partial charge in [-0.1, -0.05) is 13.8 Å². The van der Waals surface area contributed by atoms with Crippen molar-refractivity contribution in [2.24, 2.45) is 0 Å². The fourth-order valence-electron chi connectivity index (χ4n) is 2.14. The Hall–Kier alpha value is -1.01. The molecule has 0 bridgehead atoms. The molecule has 1 rings (SSSR count). The molecule has 1 N–H and O–H groups in total. The van der Waals surface area contributed by atoms with Crippen LogP contribution in [-0.2, 0) is 9.84 Å². The van der Waals surface area contributed by atoms with Gasteiger partial charge in [0.05, 0.1) is 5.75 Å². The summed E-state index contributed by atoms with van der Waals surface area (Å²) in [5, 5.41) is 3.34. The first-order valence-corrected chi connectivity index (χ1v) is 8.97. The van der Waals surface area contributed by atoms with Crippen molar-refractivity contribution >= 4 is 9.84 Å². The topological polar surface area (TPSA) is 46.2 Å². The van der Waals surface area contributed by atoms with Crippen molar-refractivity contribution in [1.82, 2.24) is 5.32 Å². The Balaban J connectivity index is 2.62. The van der Waals surface area contributed by atoms with Gasteiger partial charge in [0.25, 0.3) is 0 Å². The summed E-state index contributed by atoms with van der Waals surface area (Å²) in [6.07, 6.45) is 3.05. The molecule has 0 aliphatic heterocycles. The Morgan fingerprint density at radius 3 is 2.57 bits per heavy atom. The second-order valence-electron chi connectivity index (χ2n) is 5.10. The summed E-state index contributed by atoms with van der Waals surface area (Å²) in [4.78, 5) is -0.544. The molecule has 0 aromatic heterocycles. The Morgan fingerprint density at radius 1 is 1.24 bits per heavy atom. The summed E-state index contributed by atoms with van der Waals surface area (Å²) in [6.45, 7) is 4.99. The van der Waals surface area contributed by atoms with Crippen LogP contribution in [0.4, 0.5) is 8.78 Å². The van der Waals surface area contributed by atoms with Gasteiger partial charge in [0, 0.05) is 6.04 Å². The van der Waals surface area contributed by atoms with Crippen LogP contribution in [-0.4, -0.2) is 26.8 Å². The number of halogens is 2. The van der Waals surface area contributed by atoms with E-state index in [-0.39, 0.29) is 11.8 Å². The van der Waals surface area contributed by atoms with Gasteiger partial charge in [-0.2, -0.15) is 0 Å². The highest BCUT2D eigenvalue weighted by atomic mass is 32.2. The highest BCUT2D eigenvalue weighted by molar-refractivity contribution is 7.91. The van der Waals surface area contributed by atoms with Gasteiger partial charge in [-0.05, 0) is 50.4 Å². The minimum Gasteiger partial charge on any atom is -0.314 e. The number of hydrogen-bond acceptors (Lipinski definition) is 3. The van der Waals surface area contributed by atoms with Gasteiger partial charge in [-0.15, -0.1) is 0 Å². The molecular weight excluding hydrogens is 296 g/mol. The van der Waals surface area contributed by atoms with E-state index in [9.17, 15) is 17.2 Å². The average molecular weight is 319 g/mol. The van der Waals surface area contributed by atoms with Crippen LogP contribution < -0.4 is 5.32 Å². The molecule has 0 spiro atoms. The van der Waals surface area contributed by atoms with Crippen LogP contribution in [0.1, 0.15) is 39.5 Å². The quantitative estimate of drug-likeness (QED) is 0.759. The van der Waals surface area contributed by atoms with E-state index in [0.29, 0.717) is 12.8 Å². The van der Waals surface area contributed by atoms with Gasteiger partial charge in [0.1, 0.15) is 16.5 Å². The first kappa shape index (κ1) is 18.0. The predicted molar refractivity (Wildman–Crippen MR) is 80.0 cm³/mol. The second-order valence-corrected chi connectivity index (χ2v) is 7.17. The SMILES string of the molecule is CCCNC(CC)CCCS(=O)(=O)c1cc(F)ccc1F. The number of benzene rings is 1. The zero-order chi connectivity index (χ0) is 15.9. The largest absolute Gasteiger partial charge is 0.314 e. The minimum atomic E-state index is -3.78. The van der Waals surface area contributed by atoms with Crippen LogP contribution >= 0.6 is 0 Å². The smallest absolute Gasteiger partial charge is 0.181 e. The highest BCUT2D eigenvalue weighted by Gasteiger charge is 2.20. The molecule has 0 aliphatic carbocycles. The van der Waals surface area contributed by atoms with E-state index < -0.39 is 26.4 Å². The Morgan fingerprint density at radius 2 is 1.95 bits per heavy atom. The third kappa shape index (κ3) is 5.71. The molecule has 0 saturated carbocycles. The highest BCUT2D eigenvalue weighted by Crippen LogP contribution is 2.19. The van der Waals surface area contributed by atoms with Crippen LogP contribution in [0.2, 0.25) is 0 Å². The molecule has 21 heavy (non-hydrogen) atoms. The maximum Gasteiger partial charge on any atom is 0.181 e. The Kier molecular flexibility index (Phi) is 7.25. The molecular formula is C15H23F2NO2S. The van der Waals surface area contributed by atoms with Gasteiger partial charge in [-0.3, -0.25) is 0 Å². The van der Waals surface area contributed by atoms with Crippen molar-refractivity contribution in [3.8, 4) is 0 Å². The van der Waals surface area contributed by atoms with Crippen molar-refractivity contribution in [3.63, 3.8) is 0 Å². The van der Waals surface area contributed by atoms with Crippen molar-refractivity contribution in [2.75, 3.05) is 12.3 Å². The summed E-state index contributed by atoms with van der Waals surface area (Å²) in [6, 6.07) is 2.77. The Bertz CT molecular complexity index is 547. The van der Waals surface area contributed by atoms with Crippen molar-refractivity contribution in [3.05, 3.63) is 29.8 Å². The maximum absolute atomic E-state index is 13.5. The maximum atomic E-state index is 13.5. The molecule has 0 amide bonds. The van der Waals surface area contributed by atoms with E-state index in [2.05, 4.69) is 12.2 Å². The molecule has 0 heterocycles. The van der Waals surface area contributed by atoms with E-state index in [1.807, 2.05) is 6.92 Å². The van der Waals surface area contributed by atoms with Crippen molar-refractivity contribution in [1.29, 1.82) is 0 Å². The van der Waals surface area contributed by atoms with E-state index >= 15 is 0 Å². The molecule has 3 nitrogen and oxygen atoms in total. The van der Waals surface area contributed by atoms with E-state index in [0.717, 1.165) is 37.6 Å². The zero-order valence-corrected chi connectivity index (χ0v) is 13.3. The lowest BCUT2D eigenvalue weighted by Crippen LogP contribution is -2.29. The van der Waals surface area contributed by atoms with Gasteiger partial charge in [-0.25, -0.2) is 17.2 Å². The fourth-order valence-corrected chi connectivity index (χ4v) is 3.57. The lowest BCUT2D eigenvalue weighted by Gasteiger charge is -2.16. The minimum absolute atomic E-state index is 0.169. The van der Waals surface area contributed by atoms with Gasteiger partial charge in [0.15, 0.2) is 9.84 Å². The van der Waals surface area contributed by atoms with Crippen LogP contribution in [0.25, 0.3) is 0 Å². The lowest BCUT2D eigenvalue weighted by atomic mass is 10.1. The molecule has 0 fully saturated rings. The first-order chi connectivity index (χ1) is 9.90. The number of rotatable bonds is 9. The molecule has 1 unspecified atom stereocenters. The second kappa shape index (κ2) is 8.44. The van der Waals surface area contributed by atoms with Gasteiger partial charge in [0.2, 0.25) is 0 Å². The molecule has 1 aromatic carbocycles. The van der Waals surface area contributed by atoms with Crippen molar-refractivity contribution in [2.45, 2.75) is 50.5 Å². The number of nitrogens with one attached hydrogen (secondary N) is 1. The molecule has 1 atom stereocenters. The standard InChI is InChI=1S/C15H23F2NO2S/c1-3-9-18-13(4-2)6-5-10-21(19,20)15-11-12(16)7-8-14(15)17/h7-8,11,13,18H,3-6,9-10H2,1-2H3. The van der Waals surface area contributed by atoms with Gasteiger partial charge < -0.3 is 5.32 Å². The monoisotopic (exact) mass is 319 g/mol. The fraction of sp³-hybridized carbons (Fsp3) is 0.600. The summed E-state index contributed by atoms with van der Waals surface area (Å²) >= 11 is 0. The lowest BCUT2D eigenvalue weighted by molar-refractivity contribution is 0.462. The van der Waals surface area contributed by atoms with Crippen LogP contribution in [0.3, 0.4) is 0 Å². The van der Waals surface area contributed by atoms with Gasteiger partial charge >= 0.3 is 0 Å². The van der Waals surface area contributed by atoms with E-state index in [1.54, 1.807) is 0 Å². The third-order valence-electron chi connectivity index (χ3n) is 3.37. The van der Waals surface area contributed by atoms with E-state index in [1.165, 1.54) is 0 Å². The van der Waals surface area contributed by atoms with E-state index in [4.69, 9.17) is 0 Å². The summed E-state index contributed by atoms with van der Waals surface area (Å²) in [7, 11) is -3.78. The number of hydrogen-bond donors (Lipinski definition) is 1. The molecule has 120 valence electrons. The number of sulfone groups is 1. The molecule has 0 saturated heterocycles. The molecule has 1 aromatic rings. The first-order valence-electron chi connectivity index (χ1n) is 7.32. The molecule has 0 radical (unpaired) electrons. The predicted octanol–water partition coefficient (Wildman–Crippen LogP) is 3.30.